The number of allylic oxidation sites excluding steroid dienone is 1. The molecule has 0 radical (unpaired) electrons. The largest absolute Gasteiger partial charge is 0.466 e. The summed E-state index contributed by atoms with van der Waals surface area (Å²) in [7, 11) is 2.62. The Morgan fingerprint density at radius 1 is 1.11 bits per heavy atom. The number of hydrogen-bond donors (Lipinski definition) is 1. The Kier molecular flexibility index (Phi) is 5.97. The van der Waals surface area contributed by atoms with Gasteiger partial charge < -0.3 is 14.8 Å². The van der Waals surface area contributed by atoms with Crippen LogP contribution in [0.25, 0.3) is 0 Å². The molecular formula is C13H19NO4. The third-order valence-electron chi connectivity index (χ3n) is 2.76. The first kappa shape index (κ1) is 14.3. The fourth-order valence-electron chi connectivity index (χ4n) is 1.78. The third-order valence-corrected chi connectivity index (χ3v) is 2.76. The van der Waals surface area contributed by atoms with Gasteiger partial charge in [-0.3, -0.25) is 0 Å². The summed E-state index contributed by atoms with van der Waals surface area (Å²) in [5.41, 5.74) is 1.23. The maximum Gasteiger partial charge on any atom is 0.339 e. The van der Waals surface area contributed by atoms with Gasteiger partial charge in [0.25, 0.3) is 0 Å². The fraction of sp³-hybridized carbons (Fsp3) is 0.538. The molecule has 1 heterocycles. The molecule has 1 fully saturated rings. The molecule has 0 unspecified atom stereocenters. The van der Waals surface area contributed by atoms with Crippen LogP contribution in [0.5, 0.6) is 0 Å². The lowest BCUT2D eigenvalue weighted by atomic mass is 10.1. The van der Waals surface area contributed by atoms with E-state index in [1.807, 2.05) is 0 Å². The number of rotatable bonds is 3. The summed E-state index contributed by atoms with van der Waals surface area (Å²) in [6.07, 6.45) is 6.70. The predicted octanol–water partition coefficient (Wildman–Crippen LogP) is 1.31. The van der Waals surface area contributed by atoms with Crippen molar-refractivity contribution < 1.29 is 19.1 Å². The van der Waals surface area contributed by atoms with Crippen LogP contribution in [0.3, 0.4) is 0 Å². The van der Waals surface area contributed by atoms with Crippen LogP contribution in [0.4, 0.5) is 0 Å². The Morgan fingerprint density at radius 2 is 1.89 bits per heavy atom. The molecule has 0 aromatic rings. The molecule has 0 aromatic carbocycles. The number of carbonyl (C=O) groups is 2. The highest BCUT2D eigenvalue weighted by molar-refractivity contribution is 5.94. The number of hydrogen-bond acceptors (Lipinski definition) is 5. The van der Waals surface area contributed by atoms with E-state index < -0.39 is 11.9 Å². The van der Waals surface area contributed by atoms with E-state index >= 15 is 0 Å². The molecule has 0 aliphatic carbocycles. The number of ether oxygens (including phenoxy) is 2. The Hall–Kier alpha value is -1.78. The lowest BCUT2D eigenvalue weighted by Crippen LogP contribution is -2.18. The van der Waals surface area contributed by atoms with Gasteiger partial charge in [-0.05, 0) is 25.3 Å². The fourth-order valence-corrected chi connectivity index (χ4v) is 1.78. The molecule has 0 amide bonds. The second-order valence-corrected chi connectivity index (χ2v) is 3.98. The maximum atomic E-state index is 11.7. The van der Waals surface area contributed by atoms with E-state index in [0.29, 0.717) is 5.57 Å². The second-order valence-electron chi connectivity index (χ2n) is 3.98. The Labute approximate surface area is 107 Å². The first-order chi connectivity index (χ1) is 8.69. The highest BCUT2D eigenvalue weighted by Gasteiger charge is 2.15. The third kappa shape index (κ3) is 4.24. The summed E-state index contributed by atoms with van der Waals surface area (Å²) in [5.74, 6) is -0.940. The van der Waals surface area contributed by atoms with Gasteiger partial charge in [-0.1, -0.05) is 6.42 Å². The van der Waals surface area contributed by atoms with E-state index in [4.69, 9.17) is 4.74 Å². The molecular weight excluding hydrogens is 234 g/mol. The SMILES string of the molecule is COC(=O)C=CC(C(=O)OC)=C1CCCCCN1. The molecule has 0 atom stereocenters. The van der Waals surface area contributed by atoms with Gasteiger partial charge in [0.2, 0.25) is 0 Å². The van der Waals surface area contributed by atoms with Crippen LogP contribution in [0, 0.1) is 0 Å². The van der Waals surface area contributed by atoms with E-state index in [2.05, 4.69) is 10.1 Å². The molecule has 0 spiro atoms. The van der Waals surface area contributed by atoms with Crippen molar-refractivity contribution in [2.24, 2.45) is 0 Å². The van der Waals surface area contributed by atoms with Crippen molar-refractivity contribution in [1.29, 1.82) is 0 Å². The lowest BCUT2D eigenvalue weighted by Gasteiger charge is -2.10. The van der Waals surface area contributed by atoms with Crippen LogP contribution in [0.1, 0.15) is 25.7 Å². The molecule has 0 aromatic heterocycles. The van der Waals surface area contributed by atoms with E-state index in [9.17, 15) is 9.59 Å². The number of nitrogens with one attached hydrogen (secondary N) is 1. The van der Waals surface area contributed by atoms with Crippen molar-refractivity contribution in [2.75, 3.05) is 20.8 Å². The van der Waals surface area contributed by atoms with E-state index in [1.54, 1.807) is 0 Å². The van der Waals surface area contributed by atoms with Gasteiger partial charge in [0, 0.05) is 18.3 Å². The highest BCUT2D eigenvalue weighted by Crippen LogP contribution is 2.17. The van der Waals surface area contributed by atoms with Crippen LogP contribution < -0.4 is 5.32 Å². The van der Waals surface area contributed by atoms with Crippen LogP contribution in [0.2, 0.25) is 0 Å². The summed E-state index contributed by atoms with van der Waals surface area (Å²) in [5, 5.41) is 3.21. The zero-order valence-electron chi connectivity index (χ0n) is 10.8. The van der Waals surface area contributed by atoms with Crippen LogP contribution >= 0.6 is 0 Å². The van der Waals surface area contributed by atoms with Crippen molar-refractivity contribution in [3.63, 3.8) is 0 Å². The molecule has 100 valence electrons. The van der Waals surface area contributed by atoms with Gasteiger partial charge in [-0.15, -0.1) is 0 Å². The number of esters is 2. The molecule has 5 heteroatoms. The van der Waals surface area contributed by atoms with Crippen molar-refractivity contribution in [2.45, 2.75) is 25.7 Å². The number of methoxy groups -OCH3 is 2. The Morgan fingerprint density at radius 3 is 2.56 bits per heavy atom. The van der Waals surface area contributed by atoms with Crippen LogP contribution in [-0.4, -0.2) is 32.7 Å². The van der Waals surface area contributed by atoms with Crippen molar-refractivity contribution >= 4 is 11.9 Å². The van der Waals surface area contributed by atoms with E-state index in [0.717, 1.165) is 37.9 Å². The summed E-state index contributed by atoms with van der Waals surface area (Å²) < 4.78 is 9.24. The monoisotopic (exact) mass is 253 g/mol. The van der Waals surface area contributed by atoms with Gasteiger partial charge in [0.05, 0.1) is 19.8 Å². The molecule has 1 saturated heterocycles. The zero-order chi connectivity index (χ0) is 13.4. The molecule has 1 N–H and O–H groups in total. The average Bonchev–Trinajstić information content (AvgIpc) is 2.67. The lowest BCUT2D eigenvalue weighted by molar-refractivity contribution is -0.135. The molecule has 0 saturated carbocycles. The smallest absolute Gasteiger partial charge is 0.339 e. The van der Waals surface area contributed by atoms with Gasteiger partial charge in [-0.25, -0.2) is 9.59 Å². The predicted molar refractivity (Wildman–Crippen MR) is 66.7 cm³/mol. The van der Waals surface area contributed by atoms with Crippen molar-refractivity contribution in [3.05, 3.63) is 23.4 Å². The molecule has 1 rings (SSSR count). The minimum atomic E-state index is -0.495. The first-order valence-corrected chi connectivity index (χ1v) is 6.00. The topological polar surface area (TPSA) is 64.6 Å². The standard InChI is InChI=1S/C13H19NO4/c1-17-12(15)8-7-10(13(16)18-2)11-6-4-3-5-9-14-11/h7-8,14H,3-6,9H2,1-2H3. The molecule has 5 nitrogen and oxygen atoms in total. The molecule has 1 aliphatic rings. The summed E-state index contributed by atoms with van der Waals surface area (Å²) in [6, 6.07) is 0. The highest BCUT2D eigenvalue weighted by atomic mass is 16.5. The summed E-state index contributed by atoms with van der Waals surface area (Å²) in [4.78, 5) is 22.8. The molecule has 0 bridgehead atoms. The molecule has 18 heavy (non-hydrogen) atoms. The first-order valence-electron chi connectivity index (χ1n) is 6.00. The Balaban J connectivity index is 2.95. The summed E-state index contributed by atoms with van der Waals surface area (Å²) >= 11 is 0. The van der Waals surface area contributed by atoms with Crippen LogP contribution in [0.15, 0.2) is 23.4 Å². The van der Waals surface area contributed by atoms with E-state index in [-0.39, 0.29) is 0 Å². The van der Waals surface area contributed by atoms with Crippen LogP contribution in [-0.2, 0) is 19.1 Å². The van der Waals surface area contributed by atoms with Gasteiger partial charge in [0.1, 0.15) is 0 Å². The second kappa shape index (κ2) is 7.53. The Bertz CT molecular complexity index is 361. The quantitative estimate of drug-likeness (QED) is 0.607. The van der Waals surface area contributed by atoms with E-state index in [1.165, 1.54) is 26.4 Å². The van der Waals surface area contributed by atoms with Gasteiger partial charge >= 0.3 is 11.9 Å². The average molecular weight is 253 g/mol. The normalized spacial score (nSPS) is 18.8. The van der Waals surface area contributed by atoms with Crippen molar-refractivity contribution in [3.8, 4) is 0 Å². The van der Waals surface area contributed by atoms with Gasteiger partial charge in [-0.2, -0.15) is 0 Å². The number of carbonyl (C=O) groups excluding carboxylic acids is 2. The zero-order valence-corrected chi connectivity index (χ0v) is 10.8. The molecule has 1 aliphatic heterocycles. The minimum absolute atomic E-state index is 0.393. The van der Waals surface area contributed by atoms with Gasteiger partial charge in [0.15, 0.2) is 0 Å². The minimum Gasteiger partial charge on any atom is -0.466 e. The van der Waals surface area contributed by atoms with Crippen molar-refractivity contribution in [1.82, 2.24) is 5.32 Å². The maximum absolute atomic E-state index is 11.7. The summed E-state index contributed by atoms with van der Waals surface area (Å²) in [6.45, 7) is 0.835.